The van der Waals surface area contributed by atoms with Gasteiger partial charge in [-0.25, -0.2) is 27.8 Å². The first-order valence-electron chi connectivity index (χ1n) is 9.31. The van der Waals surface area contributed by atoms with Crippen molar-refractivity contribution in [3.05, 3.63) is 54.6 Å². The number of aryl methyl sites for hydroxylation is 1. The second kappa shape index (κ2) is 8.00. The zero-order valence-electron chi connectivity index (χ0n) is 16.6. The van der Waals surface area contributed by atoms with Gasteiger partial charge >= 0.3 is 0 Å². The van der Waals surface area contributed by atoms with Gasteiger partial charge in [-0.3, -0.25) is 4.57 Å². The quantitative estimate of drug-likeness (QED) is 0.605. The van der Waals surface area contributed by atoms with Crippen molar-refractivity contribution in [1.29, 1.82) is 0 Å². The van der Waals surface area contributed by atoms with Gasteiger partial charge in [-0.1, -0.05) is 0 Å². The van der Waals surface area contributed by atoms with Crippen LogP contribution in [0.4, 0.5) is 10.2 Å². The van der Waals surface area contributed by atoms with Crippen LogP contribution >= 0.6 is 0 Å². The molecule has 11 heteroatoms. The lowest BCUT2D eigenvalue weighted by molar-refractivity contribution is 0.379. The van der Waals surface area contributed by atoms with E-state index in [-0.39, 0.29) is 23.7 Å². The Bertz CT molecular complexity index is 1150. The van der Waals surface area contributed by atoms with Gasteiger partial charge in [-0.05, 0) is 25.1 Å². The number of methoxy groups -OCH3 is 1. The number of hydrogen-bond donors (Lipinski definition) is 0. The summed E-state index contributed by atoms with van der Waals surface area (Å²) in [6.07, 6.45) is 5.12. The van der Waals surface area contributed by atoms with E-state index in [1.165, 1.54) is 23.5 Å². The van der Waals surface area contributed by atoms with Crippen molar-refractivity contribution in [3.63, 3.8) is 0 Å². The van der Waals surface area contributed by atoms with E-state index in [0.29, 0.717) is 24.7 Å². The highest BCUT2D eigenvalue weighted by Gasteiger charge is 2.30. The predicted molar refractivity (Wildman–Crippen MR) is 108 cm³/mol. The Morgan fingerprint density at radius 1 is 1.07 bits per heavy atom. The predicted octanol–water partition coefficient (Wildman–Crippen LogP) is 1.63. The Hall–Kier alpha value is -3.05. The summed E-state index contributed by atoms with van der Waals surface area (Å²) < 4.78 is 47.8. The summed E-state index contributed by atoms with van der Waals surface area (Å²) in [4.78, 5) is 14.9. The zero-order valence-corrected chi connectivity index (χ0v) is 17.4. The van der Waals surface area contributed by atoms with E-state index in [4.69, 9.17) is 4.74 Å². The average molecular weight is 432 g/mol. The molecule has 1 saturated heterocycles. The molecule has 0 aliphatic carbocycles. The maximum atomic E-state index is 14.0. The number of anilines is 1. The molecule has 3 aromatic rings. The fourth-order valence-corrected chi connectivity index (χ4v) is 4.77. The first kappa shape index (κ1) is 20.2. The van der Waals surface area contributed by atoms with Crippen LogP contribution in [0.1, 0.15) is 5.82 Å². The lowest BCUT2D eigenvalue weighted by Gasteiger charge is -2.34. The first-order valence-corrected chi connectivity index (χ1v) is 10.7. The Balaban J connectivity index is 1.51. The summed E-state index contributed by atoms with van der Waals surface area (Å²) >= 11 is 0. The van der Waals surface area contributed by atoms with E-state index in [0.717, 1.165) is 11.9 Å². The van der Waals surface area contributed by atoms with E-state index < -0.39 is 15.8 Å². The smallest absolute Gasteiger partial charge is 0.243 e. The maximum Gasteiger partial charge on any atom is 0.243 e. The number of aromatic nitrogens is 4. The van der Waals surface area contributed by atoms with Gasteiger partial charge in [0.25, 0.3) is 0 Å². The molecule has 0 atom stereocenters. The topological polar surface area (TPSA) is 93.5 Å². The third-order valence-corrected chi connectivity index (χ3v) is 6.80. The highest BCUT2D eigenvalue weighted by Crippen LogP contribution is 2.25. The Kier molecular flexibility index (Phi) is 5.39. The standard InChI is InChI=1S/C19H21FN6O3S/c1-14-22-18(12-19(23-14)25-6-5-21-13-25)24-7-9-26(10-8-24)30(27,28)15-3-4-17(29-2)16(20)11-15/h3-6,11-13H,7-10H2,1-2H3. The molecule has 1 fully saturated rings. The summed E-state index contributed by atoms with van der Waals surface area (Å²) in [6.45, 7) is 3.25. The summed E-state index contributed by atoms with van der Waals surface area (Å²) in [5.41, 5.74) is 0. The number of ether oxygens (including phenoxy) is 1. The third-order valence-electron chi connectivity index (χ3n) is 4.90. The number of rotatable bonds is 5. The molecule has 3 heterocycles. The molecule has 0 radical (unpaired) electrons. The van der Waals surface area contributed by atoms with Crippen LogP contribution in [-0.2, 0) is 10.0 Å². The van der Waals surface area contributed by atoms with Crippen LogP contribution < -0.4 is 9.64 Å². The minimum atomic E-state index is -3.80. The van der Waals surface area contributed by atoms with Crippen molar-refractivity contribution >= 4 is 15.8 Å². The maximum absolute atomic E-state index is 14.0. The number of hydrogen-bond acceptors (Lipinski definition) is 7. The number of nitrogens with zero attached hydrogens (tertiary/aromatic N) is 6. The average Bonchev–Trinajstić information content (AvgIpc) is 3.28. The SMILES string of the molecule is COc1ccc(S(=O)(=O)N2CCN(c3cc(-n4ccnc4)nc(C)n3)CC2)cc1F. The van der Waals surface area contributed by atoms with Gasteiger partial charge in [0.05, 0.1) is 12.0 Å². The Labute approximate surface area is 173 Å². The normalized spacial score (nSPS) is 15.4. The second-order valence-electron chi connectivity index (χ2n) is 6.79. The van der Waals surface area contributed by atoms with E-state index in [9.17, 15) is 12.8 Å². The Morgan fingerprint density at radius 3 is 2.43 bits per heavy atom. The molecule has 0 saturated carbocycles. The molecule has 0 spiro atoms. The van der Waals surface area contributed by atoms with Gasteiger partial charge in [-0.15, -0.1) is 0 Å². The number of imidazole rings is 1. The minimum Gasteiger partial charge on any atom is -0.494 e. The van der Waals surface area contributed by atoms with Crippen molar-refractivity contribution < 1.29 is 17.5 Å². The summed E-state index contributed by atoms with van der Waals surface area (Å²) in [6, 6.07) is 5.51. The number of sulfonamides is 1. The number of benzene rings is 1. The van der Waals surface area contributed by atoms with Crippen molar-refractivity contribution in [3.8, 4) is 11.6 Å². The van der Waals surface area contributed by atoms with Crippen LogP contribution in [0.3, 0.4) is 0 Å². The van der Waals surface area contributed by atoms with Crippen LogP contribution in [0.15, 0.2) is 47.9 Å². The van der Waals surface area contributed by atoms with Crippen molar-refractivity contribution in [2.24, 2.45) is 0 Å². The van der Waals surface area contributed by atoms with Crippen molar-refractivity contribution in [2.45, 2.75) is 11.8 Å². The summed E-state index contributed by atoms with van der Waals surface area (Å²) in [5.74, 6) is 1.32. The minimum absolute atomic E-state index is 0.00611. The Morgan fingerprint density at radius 2 is 1.80 bits per heavy atom. The molecule has 30 heavy (non-hydrogen) atoms. The fourth-order valence-electron chi connectivity index (χ4n) is 3.34. The van der Waals surface area contributed by atoms with Gasteiger partial charge in [0.15, 0.2) is 11.6 Å². The zero-order chi connectivity index (χ0) is 21.3. The van der Waals surface area contributed by atoms with Crippen LogP contribution in [0.2, 0.25) is 0 Å². The van der Waals surface area contributed by atoms with Crippen LogP contribution in [0, 0.1) is 12.7 Å². The van der Waals surface area contributed by atoms with Crippen LogP contribution in [0.25, 0.3) is 5.82 Å². The molecule has 158 valence electrons. The fraction of sp³-hybridized carbons (Fsp3) is 0.316. The van der Waals surface area contributed by atoms with Gasteiger partial charge in [-0.2, -0.15) is 4.31 Å². The van der Waals surface area contributed by atoms with Crippen molar-refractivity contribution in [1.82, 2.24) is 23.8 Å². The molecule has 2 aromatic heterocycles. The molecule has 1 aromatic carbocycles. The van der Waals surface area contributed by atoms with Gasteiger partial charge in [0.1, 0.15) is 23.8 Å². The van der Waals surface area contributed by atoms with Crippen LogP contribution in [0.5, 0.6) is 5.75 Å². The van der Waals surface area contributed by atoms with E-state index in [2.05, 4.69) is 15.0 Å². The molecule has 0 N–H and O–H groups in total. The lowest BCUT2D eigenvalue weighted by atomic mass is 10.3. The molecule has 0 bridgehead atoms. The number of piperazine rings is 1. The van der Waals surface area contributed by atoms with Crippen molar-refractivity contribution in [2.75, 3.05) is 38.2 Å². The molecule has 4 rings (SSSR count). The highest BCUT2D eigenvalue weighted by atomic mass is 32.2. The third kappa shape index (κ3) is 3.85. The highest BCUT2D eigenvalue weighted by molar-refractivity contribution is 7.89. The molecular formula is C19H21FN6O3S. The molecule has 0 unspecified atom stereocenters. The van der Waals surface area contributed by atoms with Gasteiger partial charge in [0, 0.05) is 44.6 Å². The summed E-state index contributed by atoms with van der Waals surface area (Å²) in [5, 5.41) is 0. The van der Waals surface area contributed by atoms with E-state index in [1.54, 1.807) is 23.3 Å². The monoisotopic (exact) mass is 432 g/mol. The van der Waals surface area contributed by atoms with E-state index in [1.807, 2.05) is 17.9 Å². The molecule has 0 amide bonds. The molecular weight excluding hydrogens is 411 g/mol. The summed E-state index contributed by atoms with van der Waals surface area (Å²) in [7, 11) is -2.47. The molecule has 1 aliphatic heterocycles. The van der Waals surface area contributed by atoms with Crippen LogP contribution in [-0.4, -0.2) is 65.5 Å². The van der Waals surface area contributed by atoms with Gasteiger partial charge in [0.2, 0.25) is 10.0 Å². The molecule has 1 aliphatic rings. The number of halogens is 1. The molecule has 9 nitrogen and oxygen atoms in total. The largest absolute Gasteiger partial charge is 0.494 e. The first-order chi connectivity index (χ1) is 14.4. The van der Waals surface area contributed by atoms with Gasteiger partial charge < -0.3 is 9.64 Å². The lowest BCUT2D eigenvalue weighted by Crippen LogP contribution is -2.49. The van der Waals surface area contributed by atoms with E-state index >= 15 is 0 Å². The second-order valence-corrected chi connectivity index (χ2v) is 8.73.